The van der Waals surface area contributed by atoms with Crippen molar-refractivity contribution in [2.24, 2.45) is 7.05 Å². The fraction of sp³-hybridized carbons (Fsp3) is 0.333. The molecule has 1 aromatic heterocycles. The molecule has 0 bridgehead atoms. The minimum absolute atomic E-state index is 0.245. The summed E-state index contributed by atoms with van der Waals surface area (Å²) in [6.45, 7) is 5.94. The molecule has 2 aromatic rings. The Morgan fingerprint density at radius 3 is 2.73 bits per heavy atom. The summed E-state index contributed by atoms with van der Waals surface area (Å²) in [5.74, 6) is 0.509. The molecule has 6 nitrogen and oxygen atoms in total. The maximum atomic E-state index is 12.2. The maximum absolute atomic E-state index is 12.2. The lowest BCUT2D eigenvalue weighted by Gasteiger charge is -2.10. The second-order valence-electron chi connectivity index (χ2n) is 5.02. The van der Waals surface area contributed by atoms with Gasteiger partial charge in [0, 0.05) is 19.8 Å². The Labute approximate surface area is 162 Å². The Morgan fingerprint density at radius 2 is 2.12 bits per heavy atom. The van der Waals surface area contributed by atoms with Crippen LogP contribution >= 0.6 is 23.5 Å². The van der Waals surface area contributed by atoms with E-state index in [9.17, 15) is 10.1 Å². The molecule has 0 amide bonds. The Hall–Kier alpha value is -2.24. The van der Waals surface area contributed by atoms with Crippen LogP contribution in [0, 0.1) is 23.7 Å². The third-order valence-corrected chi connectivity index (χ3v) is 5.41. The SMILES string of the molecule is CC.CNc1cnn(C)c(=O)c1SC(=N)SCc1ccc(C)cc1C#N. The van der Waals surface area contributed by atoms with Gasteiger partial charge in [-0.2, -0.15) is 10.4 Å². The average Bonchev–Trinajstić information content (AvgIpc) is 2.66. The zero-order valence-electron chi connectivity index (χ0n) is 15.6. The van der Waals surface area contributed by atoms with Crippen molar-refractivity contribution < 1.29 is 0 Å². The van der Waals surface area contributed by atoms with Crippen molar-refractivity contribution in [2.45, 2.75) is 31.4 Å². The second kappa shape index (κ2) is 10.7. The van der Waals surface area contributed by atoms with Crippen LogP contribution in [0.1, 0.15) is 30.5 Å². The predicted octanol–water partition coefficient (Wildman–Crippen LogP) is 3.99. The molecular weight excluding hydrogens is 366 g/mol. The molecule has 0 fully saturated rings. The van der Waals surface area contributed by atoms with Crippen molar-refractivity contribution in [2.75, 3.05) is 12.4 Å². The van der Waals surface area contributed by atoms with Crippen molar-refractivity contribution in [3.05, 3.63) is 51.4 Å². The summed E-state index contributed by atoms with van der Waals surface area (Å²) >= 11 is 2.39. The standard InChI is InChI=1S/C16H17N5OS2.C2H6/c1-10-4-5-11(12(6-10)7-17)9-23-16(18)24-14-13(19-2)8-20-21(3)15(14)22;1-2/h4-6,8,18-19H,9H2,1-3H3;1-2H3. The Morgan fingerprint density at radius 1 is 1.42 bits per heavy atom. The van der Waals surface area contributed by atoms with Gasteiger partial charge in [-0.05, 0) is 24.1 Å². The molecule has 0 saturated heterocycles. The van der Waals surface area contributed by atoms with E-state index in [2.05, 4.69) is 16.5 Å². The topological polar surface area (TPSA) is 94.6 Å². The van der Waals surface area contributed by atoms with Crippen molar-refractivity contribution in [3.63, 3.8) is 0 Å². The third kappa shape index (κ3) is 5.64. The molecule has 1 heterocycles. The lowest BCUT2D eigenvalue weighted by molar-refractivity contribution is 0.690. The van der Waals surface area contributed by atoms with Crippen LogP contribution in [0.4, 0.5) is 5.69 Å². The number of aryl methyl sites for hydroxylation is 2. The predicted molar refractivity (Wildman–Crippen MR) is 111 cm³/mol. The Balaban J connectivity index is 0.00000163. The first-order chi connectivity index (χ1) is 12.5. The van der Waals surface area contributed by atoms with E-state index >= 15 is 0 Å². The van der Waals surface area contributed by atoms with Gasteiger partial charge in [-0.3, -0.25) is 10.2 Å². The van der Waals surface area contributed by atoms with E-state index in [4.69, 9.17) is 5.41 Å². The molecule has 0 aliphatic rings. The van der Waals surface area contributed by atoms with Crippen LogP contribution < -0.4 is 10.9 Å². The first-order valence-corrected chi connectivity index (χ1v) is 9.89. The normalized spacial score (nSPS) is 9.69. The molecule has 0 aliphatic heterocycles. The van der Waals surface area contributed by atoms with E-state index in [1.54, 1.807) is 20.3 Å². The van der Waals surface area contributed by atoms with Crippen LogP contribution in [0.15, 0.2) is 34.1 Å². The van der Waals surface area contributed by atoms with Crippen molar-refractivity contribution in [1.82, 2.24) is 9.78 Å². The monoisotopic (exact) mass is 389 g/mol. The van der Waals surface area contributed by atoms with Gasteiger partial charge >= 0.3 is 0 Å². The fourth-order valence-corrected chi connectivity index (χ4v) is 3.85. The van der Waals surface area contributed by atoms with Crippen molar-refractivity contribution in [1.29, 1.82) is 10.7 Å². The highest BCUT2D eigenvalue weighted by Crippen LogP contribution is 2.29. The van der Waals surface area contributed by atoms with Gasteiger partial charge in [0.05, 0.1) is 23.5 Å². The van der Waals surface area contributed by atoms with E-state index in [0.717, 1.165) is 22.9 Å². The molecule has 0 saturated carbocycles. The summed E-state index contributed by atoms with van der Waals surface area (Å²) in [6.07, 6.45) is 1.56. The summed E-state index contributed by atoms with van der Waals surface area (Å²) in [5, 5.41) is 24.2. The highest BCUT2D eigenvalue weighted by molar-refractivity contribution is 8.38. The summed E-state index contributed by atoms with van der Waals surface area (Å²) in [6, 6.07) is 7.88. The molecule has 8 heteroatoms. The van der Waals surface area contributed by atoms with Gasteiger partial charge in [0.15, 0.2) is 0 Å². The van der Waals surface area contributed by atoms with Gasteiger partial charge in [-0.1, -0.05) is 49.5 Å². The molecular formula is C18H23N5OS2. The zero-order valence-corrected chi connectivity index (χ0v) is 17.2. The number of nitriles is 1. The molecule has 0 radical (unpaired) electrons. The van der Waals surface area contributed by atoms with E-state index in [-0.39, 0.29) is 5.56 Å². The summed E-state index contributed by atoms with van der Waals surface area (Å²) in [7, 11) is 3.29. The largest absolute Gasteiger partial charge is 0.386 e. The molecule has 0 aliphatic carbocycles. The van der Waals surface area contributed by atoms with Crippen LogP contribution in [0.5, 0.6) is 0 Å². The van der Waals surface area contributed by atoms with Gasteiger partial charge in [0.2, 0.25) is 0 Å². The summed E-state index contributed by atoms with van der Waals surface area (Å²) in [4.78, 5) is 12.6. The number of anilines is 1. The van der Waals surface area contributed by atoms with Gasteiger partial charge in [-0.25, -0.2) is 4.68 Å². The van der Waals surface area contributed by atoms with Crippen LogP contribution in [0.25, 0.3) is 0 Å². The quantitative estimate of drug-likeness (QED) is 0.466. The molecule has 0 spiro atoms. The molecule has 0 unspecified atom stereocenters. The number of nitrogens with one attached hydrogen (secondary N) is 2. The minimum Gasteiger partial charge on any atom is -0.386 e. The highest BCUT2D eigenvalue weighted by atomic mass is 32.2. The number of hydrogen-bond acceptors (Lipinski definition) is 7. The van der Waals surface area contributed by atoms with Crippen LogP contribution in [-0.4, -0.2) is 21.2 Å². The average molecular weight is 390 g/mol. The molecule has 138 valence electrons. The van der Waals surface area contributed by atoms with E-state index < -0.39 is 0 Å². The first-order valence-electron chi connectivity index (χ1n) is 8.09. The minimum atomic E-state index is -0.245. The number of thioether (sulfide) groups is 2. The number of rotatable bonds is 4. The first kappa shape index (κ1) is 21.8. The lowest BCUT2D eigenvalue weighted by atomic mass is 10.1. The molecule has 0 atom stereocenters. The summed E-state index contributed by atoms with van der Waals surface area (Å²) in [5.41, 5.74) is 2.89. The van der Waals surface area contributed by atoms with Crippen LogP contribution in [-0.2, 0) is 12.8 Å². The lowest BCUT2D eigenvalue weighted by Crippen LogP contribution is -2.22. The zero-order chi connectivity index (χ0) is 19.7. The Kier molecular flexibility index (Phi) is 8.96. The van der Waals surface area contributed by atoms with Gasteiger partial charge in [0.25, 0.3) is 5.56 Å². The number of benzene rings is 1. The van der Waals surface area contributed by atoms with E-state index in [0.29, 0.717) is 26.3 Å². The molecule has 2 rings (SSSR count). The molecule has 26 heavy (non-hydrogen) atoms. The van der Waals surface area contributed by atoms with Gasteiger partial charge < -0.3 is 5.32 Å². The van der Waals surface area contributed by atoms with Crippen LogP contribution in [0.2, 0.25) is 0 Å². The highest BCUT2D eigenvalue weighted by Gasteiger charge is 2.13. The third-order valence-electron chi connectivity index (χ3n) is 3.30. The fourth-order valence-electron chi connectivity index (χ4n) is 1.98. The maximum Gasteiger partial charge on any atom is 0.282 e. The van der Waals surface area contributed by atoms with E-state index in [1.165, 1.54) is 16.4 Å². The molecule has 1 aromatic carbocycles. The molecule has 2 N–H and O–H groups in total. The van der Waals surface area contributed by atoms with Gasteiger partial charge in [-0.15, -0.1) is 0 Å². The van der Waals surface area contributed by atoms with Gasteiger partial charge in [0.1, 0.15) is 9.27 Å². The Bertz CT molecular complexity index is 871. The van der Waals surface area contributed by atoms with Crippen molar-refractivity contribution in [3.8, 4) is 6.07 Å². The van der Waals surface area contributed by atoms with Crippen LogP contribution in [0.3, 0.4) is 0 Å². The van der Waals surface area contributed by atoms with Crippen molar-refractivity contribution >= 4 is 33.6 Å². The van der Waals surface area contributed by atoms with E-state index in [1.807, 2.05) is 39.0 Å². The number of hydrogen-bond donors (Lipinski definition) is 2. The number of aromatic nitrogens is 2. The smallest absolute Gasteiger partial charge is 0.282 e. The second-order valence-corrected chi connectivity index (χ2v) is 7.28. The summed E-state index contributed by atoms with van der Waals surface area (Å²) < 4.78 is 1.54. The number of nitrogens with zero attached hydrogens (tertiary/aromatic N) is 3.